The number of pyridine rings is 1. The molecule has 0 atom stereocenters. The Bertz CT molecular complexity index is 1130. The number of hydrogen-bond donors (Lipinski definition) is 1. The van der Waals surface area contributed by atoms with Crippen molar-refractivity contribution in [2.45, 2.75) is 10.6 Å². The molecule has 0 unspecified atom stereocenters. The quantitative estimate of drug-likeness (QED) is 0.696. The van der Waals surface area contributed by atoms with Gasteiger partial charge in [-0.15, -0.1) is 0 Å². The molecule has 0 aliphatic rings. The molecule has 0 fully saturated rings. The fourth-order valence-corrected chi connectivity index (χ4v) is 4.24. The van der Waals surface area contributed by atoms with Crippen LogP contribution < -0.4 is 15.2 Å². The number of carbonyl (C=O) groups is 1. The van der Waals surface area contributed by atoms with Crippen LogP contribution in [0.4, 0.5) is 0 Å². The lowest BCUT2D eigenvalue weighted by molar-refractivity contribution is 0.100. The Labute approximate surface area is 156 Å². The van der Waals surface area contributed by atoms with Crippen LogP contribution in [0.15, 0.2) is 53.6 Å². The van der Waals surface area contributed by atoms with Crippen LogP contribution in [0.3, 0.4) is 0 Å². The fraction of sp³-hybridized carbons (Fsp3) is 0.158. The van der Waals surface area contributed by atoms with Gasteiger partial charge in [-0.3, -0.25) is 9.78 Å². The molecular formula is C19H18N2O5S. The summed E-state index contributed by atoms with van der Waals surface area (Å²) >= 11 is 0. The highest BCUT2D eigenvalue weighted by atomic mass is 32.2. The lowest BCUT2D eigenvalue weighted by Gasteiger charge is -2.11. The van der Waals surface area contributed by atoms with E-state index in [1.165, 1.54) is 26.5 Å². The number of amides is 1. The number of aromatic nitrogens is 1. The Morgan fingerprint density at radius 2 is 1.85 bits per heavy atom. The molecule has 8 heteroatoms. The van der Waals surface area contributed by atoms with Crippen LogP contribution in [0.25, 0.3) is 10.9 Å². The molecule has 7 nitrogen and oxygen atoms in total. The third-order valence-electron chi connectivity index (χ3n) is 4.08. The first-order valence-corrected chi connectivity index (χ1v) is 9.62. The van der Waals surface area contributed by atoms with Gasteiger partial charge >= 0.3 is 0 Å². The van der Waals surface area contributed by atoms with Crippen molar-refractivity contribution in [3.63, 3.8) is 0 Å². The molecule has 0 saturated heterocycles. The van der Waals surface area contributed by atoms with Gasteiger partial charge in [0, 0.05) is 23.2 Å². The summed E-state index contributed by atoms with van der Waals surface area (Å²) in [7, 11) is -0.854. The number of sulfone groups is 1. The molecule has 2 aromatic carbocycles. The van der Waals surface area contributed by atoms with Crippen LogP contribution in [-0.2, 0) is 15.6 Å². The minimum absolute atomic E-state index is 0.0373. The Morgan fingerprint density at radius 1 is 1.07 bits per heavy atom. The van der Waals surface area contributed by atoms with Gasteiger partial charge in [-0.1, -0.05) is 0 Å². The SMILES string of the molecule is COc1ccc(OC)c(S(=O)(=O)Cc2cnc3ccc(C(N)=O)cc3c2)c1. The second-order valence-corrected chi connectivity index (χ2v) is 7.85. The summed E-state index contributed by atoms with van der Waals surface area (Å²) in [5.74, 6) is -0.186. The zero-order valence-electron chi connectivity index (χ0n) is 14.8. The van der Waals surface area contributed by atoms with Crippen LogP contribution in [0.2, 0.25) is 0 Å². The summed E-state index contributed by atoms with van der Waals surface area (Å²) in [6, 6.07) is 11.1. The Morgan fingerprint density at radius 3 is 2.52 bits per heavy atom. The number of ether oxygens (including phenoxy) is 2. The minimum atomic E-state index is -3.72. The predicted molar refractivity (Wildman–Crippen MR) is 101 cm³/mol. The highest BCUT2D eigenvalue weighted by Crippen LogP contribution is 2.31. The van der Waals surface area contributed by atoms with E-state index < -0.39 is 15.7 Å². The Balaban J connectivity index is 2.02. The maximum absolute atomic E-state index is 12.9. The monoisotopic (exact) mass is 386 g/mol. The van der Waals surface area contributed by atoms with Gasteiger partial charge in [0.25, 0.3) is 0 Å². The topological polar surface area (TPSA) is 109 Å². The molecule has 1 amide bonds. The molecule has 0 saturated carbocycles. The van der Waals surface area contributed by atoms with E-state index in [9.17, 15) is 13.2 Å². The number of primary amides is 1. The van der Waals surface area contributed by atoms with E-state index in [2.05, 4.69) is 4.98 Å². The zero-order chi connectivity index (χ0) is 19.6. The molecule has 0 radical (unpaired) electrons. The Hall–Kier alpha value is -3.13. The van der Waals surface area contributed by atoms with Crippen LogP contribution in [-0.4, -0.2) is 33.5 Å². The van der Waals surface area contributed by atoms with Gasteiger partial charge in [-0.25, -0.2) is 8.42 Å². The van der Waals surface area contributed by atoms with Crippen molar-refractivity contribution in [2.75, 3.05) is 14.2 Å². The lowest BCUT2D eigenvalue weighted by atomic mass is 10.1. The molecular weight excluding hydrogens is 368 g/mol. The molecule has 1 heterocycles. The maximum Gasteiger partial charge on any atom is 0.248 e. The fourth-order valence-electron chi connectivity index (χ4n) is 2.73. The van der Waals surface area contributed by atoms with E-state index in [-0.39, 0.29) is 16.4 Å². The molecule has 27 heavy (non-hydrogen) atoms. The summed E-state index contributed by atoms with van der Waals surface area (Å²) in [5, 5.41) is 0.636. The number of hydrogen-bond acceptors (Lipinski definition) is 6. The largest absolute Gasteiger partial charge is 0.497 e. The van der Waals surface area contributed by atoms with Crippen molar-refractivity contribution in [3.05, 3.63) is 59.8 Å². The number of carbonyl (C=O) groups excluding carboxylic acids is 1. The highest BCUT2D eigenvalue weighted by molar-refractivity contribution is 7.90. The second kappa shape index (κ2) is 7.24. The van der Waals surface area contributed by atoms with E-state index >= 15 is 0 Å². The zero-order valence-corrected chi connectivity index (χ0v) is 15.6. The standard InChI is InChI=1S/C19H18N2O5S/c1-25-15-4-6-17(26-2)18(9-15)27(23,24)11-12-7-14-8-13(19(20)22)3-5-16(14)21-10-12/h3-10H,11H2,1-2H3,(H2,20,22). The summed E-state index contributed by atoms with van der Waals surface area (Å²) in [6.45, 7) is 0. The summed E-state index contributed by atoms with van der Waals surface area (Å²) < 4.78 is 36.1. The van der Waals surface area contributed by atoms with E-state index in [1.807, 2.05) is 0 Å². The van der Waals surface area contributed by atoms with Crippen LogP contribution in [0.5, 0.6) is 11.5 Å². The first kappa shape index (κ1) is 18.7. The van der Waals surface area contributed by atoms with Crippen molar-refractivity contribution in [1.82, 2.24) is 4.98 Å². The van der Waals surface area contributed by atoms with Gasteiger partial charge < -0.3 is 15.2 Å². The van der Waals surface area contributed by atoms with Crippen LogP contribution in [0, 0.1) is 0 Å². The molecule has 3 aromatic rings. The van der Waals surface area contributed by atoms with E-state index in [0.29, 0.717) is 27.8 Å². The number of benzene rings is 2. The number of nitrogens with zero attached hydrogens (tertiary/aromatic N) is 1. The van der Waals surface area contributed by atoms with Crippen molar-refractivity contribution >= 4 is 26.6 Å². The lowest BCUT2D eigenvalue weighted by Crippen LogP contribution is -2.10. The van der Waals surface area contributed by atoms with Crippen molar-refractivity contribution in [2.24, 2.45) is 5.73 Å². The van der Waals surface area contributed by atoms with Crippen molar-refractivity contribution in [1.29, 1.82) is 0 Å². The van der Waals surface area contributed by atoms with Gasteiger partial charge in [-0.05, 0) is 42.0 Å². The van der Waals surface area contributed by atoms with Crippen molar-refractivity contribution < 1.29 is 22.7 Å². The van der Waals surface area contributed by atoms with Crippen LogP contribution >= 0.6 is 0 Å². The second-order valence-electron chi connectivity index (χ2n) is 5.89. The molecule has 0 bridgehead atoms. The molecule has 0 spiro atoms. The molecule has 0 aliphatic heterocycles. The normalized spacial score (nSPS) is 11.3. The molecule has 1 aromatic heterocycles. The van der Waals surface area contributed by atoms with Gasteiger partial charge in [0.1, 0.15) is 16.4 Å². The highest BCUT2D eigenvalue weighted by Gasteiger charge is 2.22. The van der Waals surface area contributed by atoms with Gasteiger partial charge in [0.05, 0.1) is 25.5 Å². The predicted octanol–water partition coefficient (Wildman–Crippen LogP) is 2.32. The van der Waals surface area contributed by atoms with E-state index in [0.717, 1.165) is 0 Å². The minimum Gasteiger partial charge on any atom is -0.497 e. The van der Waals surface area contributed by atoms with Crippen molar-refractivity contribution in [3.8, 4) is 11.5 Å². The number of methoxy groups -OCH3 is 2. The molecule has 2 N–H and O–H groups in total. The molecule has 0 aliphatic carbocycles. The smallest absolute Gasteiger partial charge is 0.248 e. The summed E-state index contributed by atoms with van der Waals surface area (Å²) in [5.41, 5.74) is 6.75. The summed E-state index contributed by atoms with van der Waals surface area (Å²) in [4.78, 5) is 15.7. The first-order valence-electron chi connectivity index (χ1n) is 7.97. The number of nitrogens with two attached hydrogens (primary N) is 1. The molecule has 3 rings (SSSR count). The van der Waals surface area contributed by atoms with E-state index in [1.54, 1.807) is 36.4 Å². The molecule has 140 valence electrons. The van der Waals surface area contributed by atoms with Gasteiger partial charge in [0.15, 0.2) is 9.84 Å². The average Bonchev–Trinajstić information content (AvgIpc) is 2.66. The summed E-state index contributed by atoms with van der Waals surface area (Å²) in [6.07, 6.45) is 1.50. The van der Waals surface area contributed by atoms with Crippen LogP contribution in [0.1, 0.15) is 15.9 Å². The maximum atomic E-state index is 12.9. The van der Waals surface area contributed by atoms with Gasteiger partial charge in [-0.2, -0.15) is 0 Å². The Kier molecular flexibility index (Phi) is 5.00. The first-order chi connectivity index (χ1) is 12.8. The van der Waals surface area contributed by atoms with Gasteiger partial charge in [0.2, 0.25) is 5.91 Å². The third-order valence-corrected chi connectivity index (χ3v) is 5.79. The van der Waals surface area contributed by atoms with E-state index in [4.69, 9.17) is 15.2 Å². The third kappa shape index (κ3) is 3.85. The average molecular weight is 386 g/mol. The number of rotatable bonds is 6. The number of fused-ring (bicyclic) bond motifs is 1.